The molecule has 0 aromatic rings. The van der Waals surface area contributed by atoms with Crippen LogP contribution >= 0.6 is 0 Å². The van der Waals surface area contributed by atoms with Gasteiger partial charge in [-0.25, -0.2) is 0 Å². The van der Waals surface area contributed by atoms with E-state index in [0.717, 1.165) is 31.6 Å². The van der Waals surface area contributed by atoms with Crippen LogP contribution in [0.15, 0.2) is 0 Å². The quantitative estimate of drug-likeness (QED) is 0.584. The van der Waals surface area contributed by atoms with E-state index in [4.69, 9.17) is 4.43 Å². The summed E-state index contributed by atoms with van der Waals surface area (Å²) in [5.74, 6) is -0.0579. The van der Waals surface area contributed by atoms with Crippen molar-refractivity contribution in [3.05, 3.63) is 0 Å². The lowest BCUT2D eigenvalue weighted by Crippen LogP contribution is -2.42. The first-order chi connectivity index (χ1) is 6.73. The smallest absolute Gasteiger partial charge is 0.174 e. The summed E-state index contributed by atoms with van der Waals surface area (Å²) < 4.78 is 5.73. The van der Waals surface area contributed by atoms with Gasteiger partial charge in [0.15, 0.2) is 14.8 Å². The minimum Gasteiger partial charge on any atom is -0.394 e. The molecule has 1 N–H and O–H groups in total. The van der Waals surface area contributed by atoms with Crippen molar-refractivity contribution in [1.82, 2.24) is 0 Å². The summed E-state index contributed by atoms with van der Waals surface area (Å²) in [6.45, 7) is 11.1. The number of rotatable bonds is 2. The van der Waals surface area contributed by atoms with E-state index in [2.05, 4.69) is 33.9 Å². The Labute approximate surface area is 95.8 Å². The van der Waals surface area contributed by atoms with Crippen molar-refractivity contribution in [2.45, 2.75) is 65.3 Å². The first kappa shape index (κ1) is 13.2. The van der Waals surface area contributed by atoms with Crippen LogP contribution in [0, 0.1) is 11.3 Å². The highest BCUT2D eigenvalue weighted by atomic mass is 28.3. The highest BCUT2D eigenvalue weighted by molar-refractivity contribution is 6.48. The fourth-order valence-electron chi connectivity index (χ4n) is 2.49. The topological polar surface area (TPSA) is 29.5 Å². The van der Waals surface area contributed by atoms with Crippen molar-refractivity contribution in [2.75, 3.05) is 0 Å². The molecule has 15 heavy (non-hydrogen) atoms. The maximum atomic E-state index is 10.2. The molecule has 1 aliphatic carbocycles. The van der Waals surface area contributed by atoms with Crippen molar-refractivity contribution >= 4 is 9.04 Å². The predicted octanol–water partition coefficient (Wildman–Crippen LogP) is 2.91. The molecule has 0 aliphatic heterocycles. The second kappa shape index (κ2) is 4.56. The molecule has 0 amide bonds. The third kappa shape index (κ3) is 3.89. The molecule has 0 aromatic carbocycles. The highest BCUT2D eigenvalue weighted by Crippen LogP contribution is 2.41. The Balaban J connectivity index is 2.48. The largest absolute Gasteiger partial charge is 0.394 e. The van der Waals surface area contributed by atoms with Gasteiger partial charge in [0.25, 0.3) is 0 Å². The van der Waals surface area contributed by atoms with Crippen LogP contribution in [0.4, 0.5) is 0 Å². The molecule has 0 radical (unpaired) electrons. The molecule has 0 heterocycles. The summed E-state index contributed by atoms with van der Waals surface area (Å²) >= 11 is 0. The summed E-state index contributed by atoms with van der Waals surface area (Å²) in [5.41, 5.74) is 0.372. The zero-order valence-electron chi connectivity index (χ0n) is 10.8. The molecule has 0 bridgehead atoms. The summed E-state index contributed by atoms with van der Waals surface area (Å²) in [5, 5.41) is 10.2. The standard InChI is InChI=1S/C12H26O2Si/c1-11(2,3)10-6-8-12(13,9-7-10)14-15(4)5/h10,13,15H,6-9H2,1-5H3. The molecule has 1 saturated carbocycles. The van der Waals surface area contributed by atoms with E-state index in [1.807, 2.05) is 0 Å². The Morgan fingerprint density at radius 3 is 2.00 bits per heavy atom. The molecule has 1 aliphatic rings. The second-order valence-electron chi connectivity index (χ2n) is 6.25. The van der Waals surface area contributed by atoms with E-state index >= 15 is 0 Å². The van der Waals surface area contributed by atoms with Gasteiger partial charge in [0.1, 0.15) is 0 Å². The maximum absolute atomic E-state index is 10.2. The molecule has 1 rings (SSSR count). The van der Waals surface area contributed by atoms with Crippen molar-refractivity contribution in [1.29, 1.82) is 0 Å². The average Bonchev–Trinajstić information content (AvgIpc) is 2.00. The van der Waals surface area contributed by atoms with Crippen LogP contribution in [0.2, 0.25) is 13.1 Å². The first-order valence-electron chi connectivity index (χ1n) is 6.13. The second-order valence-corrected chi connectivity index (χ2v) is 8.59. The van der Waals surface area contributed by atoms with E-state index in [9.17, 15) is 5.11 Å². The average molecular weight is 230 g/mol. The summed E-state index contributed by atoms with van der Waals surface area (Å²) in [4.78, 5) is 0. The lowest BCUT2D eigenvalue weighted by atomic mass is 9.71. The van der Waals surface area contributed by atoms with Crippen LogP contribution in [0.5, 0.6) is 0 Å². The van der Waals surface area contributed by atoms with Gasteiger partial charge in [-0.05, 0) is 37.3 Å². The Hall–Kier alpha value is 0.137. The zero-order valence-corrected chi connectivity index (χ0v) is 12.0. The van der Waals surface area contributed by atoms with Crippen molar-refractivity contribution < 1.29 is 9.53 Å². The van der Waals surface area contributed by atoms with Crippen LogP contribution in [-0.2, 0) is 4.43 Å². The normalized spacial score (nSPS) is 33.4. The molecule has 1 fully saturated rings. The molecule has 0 spiro atoms. The Morgan fingerprint density at radius 2 is 1.67 bits per heavy atom. The minimum atomic E-state index is -1.12. The third-order valence-corrected chi connectivity index (χ3v) is 4.36. The van der Waals surface area contributed by atoms with Crippen LogP contribution in [-0.4, -0.2) is 19.9 Å². The maximum Gasteiger partial charge on any atom is 0.174 e. The van der Waals surface area contributed by atoms with Gasteiger partial charge in [-0.3, -0.25) is 0 Å². The summed E-state index contributed by atoms with van der Waals surface area (Å²) in [6.07, 6.45) is 3.84. The van der Waals surface area contributed by atoms with Crippen molar-refractivity contribution in [3.63, 3.8) is 0 Å². The third-order valence-electron chi connectivity index (χ3n) is 3.45. The van der Waals surface area contributed by atoms with E-state index in [1.165, 1.54) is 0 Å². The fraction of sp³-hybridized carbons (Fsp3) is 1.00. The molecule has 90 valence electrons. The van der Waals surface area contributed by atoms with Gasteiger partial charge >= 0.3 is 0 Å². The number of aliphatic hydroxyl groups is 1. The number of hydrogen-bond acceptors (Lipinski definition) is 2. The van der Waals surface area contributed by atoms with Gasteiger partial charge in [-0.2, -0.15) is 0 Å². The van der Waals surface area contributed by atoms with Crippen LogP contribution in [0.3, 0.4) is 0 Å². The van der Waals surface area contributed by atoms with E-state index in [-0.39, 0.29) is 0 Å². The Morgan fingerprint density at radius 1 is 1.20 bits per heavy atom. The van der Waals surface area contributed by atoms with Gasteiger partial charge < -0.3 is 9.53 Å². The van der Waals surface area contributed by atoms with E-state index in [1.54, 1.807) is 0 Å². The van der Waals surface area contributed by atoms with Gasteiger partial charge in [0, 0.05) is 12.8 Å². The SMILES string of the molecule is C[SiH](C)OC1(O)CCC(C(C)(C)C)CC1. The fourth-order valence-corrected chi connectivity index (χ4v) is 3.60. The lowest BCUT2D eigenvalue weighted by Gasteiger charge is -2.41. The van der Waals surface area contributed by atoms with Crippen molar-refractivity contribution in [3.8, 4) is 0 Å². The molecule has 0 unspecified atom stereocenters. The molecule has 2 nitrogen and oxygen atoms in total. The first-order valence-corrected chi connectivity index (χ1v) is 8.91. The van der Waals surface area contributed by atoms with E-state index in [0.29, 0.717) is 5.41 Å². The summed E-state index contributed by atoms with van der Waals surface area (Å²) in [7, 11) is -1.12. The van der Waals surface area contributed by atoms with Gasteiger partial charge in [0.05, 0.1) is 0 Å². The Kier molecular flexibility index (Phi) is 4.01. The number of hydrogen-bond donors (Lipinski definition) is 1. The molecule has 0 saturated heterocycles. The molecular formula is C12H26O2Si. The molecule has 0 aromatic heterocycles. The molecule has 0 atom stereocenters. The molecule has 3 heteroatoms. The van der Waals surface area contributed by atoms with Gasteiger partial charge in [0.2, 0.25) is 0 Å². The highest BCUT2D eigenvalue weighted by Gasteiger charge is 2.38. The summed E-state index contributed by atoms with van der Waals surface area (Å²) in [6, 6.07) is 0. The van der Waals surface area contributed by atoms with Gasteiger partial charge in [-0.15, -0.1) is 0 Å². The lowest BCUT2D eigenvalue weighted by molar-refractivity contribution is -0.173. The van der Waals surface area contributed by atoms with Crippen LogP contribution in [0.25, 0.3) is 0 Å². The minimum absolute atomic E-state index is 0.372. The Bertz CT molecular complexity index is 200. The monoisotopic (exact) mass is 230 g/mol. The van der Waals surface area contributed by atoms with Crippen LogP contribution < -0.4 is 0 Å². The van der Waals surface area contributed by atoms with Crippen molar-refractivity contribution in [2.24, 2.45) is 11.3 Å². The van der Waals surface area contributed by atoms with E-state index < -0.39 is 14.8 Å². The predicted molar refractivity (Wildman–Crippen MR) is 66.3 cm³/mol. The van der Waals surface area contributed by atoms with Gasteiger partial charge in [-0.1, -0.05) is 20.8 Å². The zero-order chi connectivity index (χ0) is 11.7. The molecular weight excluding hydrogens is 204 g/mol. The van der Waals surface area contributed by atoms with Crippen LogP contribution in [0.1, 0.15) is 46.5 Å².